The minimum absolute atomic E-state index is 0.0525. The molecule has 7 nitrogen and oxygen atoms in total. The van der Waals surface area contributed by atoms with Gasteiger partial charge in [-0.1, -0.05) is 0 Å². The van der Waals surface area contributed by atoms with Gasteiger partial charge in [0.05, 0.1) is 6.61 Å². The molecule has 0 fully saturated rings. The van der Waals surface area contributed by atoms with E-state index in [-0.39, 0.29) is 11.9 Å². The van der Waals surface area contributed by atoms with Crippen LogP contribution in [0.25, 0.3) is 0 Å². The van der Waals surface area contributed by atoms with Gasteiger partial charge in [0, 0.05) is 20.2 Å². The average Bonchev–Trinajstić information content (AvgIpc) is 2.27. The van der Waals surface area contributed by atoms with Gasteiger partial charge >= 0.3 is 0 Å². The van der Waals surface area contributed by atoms with Gasteiger partial charge in [-0.15, -0.1) is 0 Å². The molecule has 0 saturated heterocycles. The third-order valence-electron chi connectivity index (χ3n) is 1.89. The number of likely N-dealkylation sites (N-methyl/N-ethyl adjacent to an activating group) is 1. The van der Waals surface area contributed by atoms with Crippen LogP contribution in [0.2, 0.25) is 0 Å². The van der Waals surface area contributed by atoms with Crippen molar-refractivity contribution in [3.05, 3.63) is 0 Å². The SMILES string of the molecule is CNC(=O)C(C)N=C(NN)NC(C)COC. The van der Waals surface area contributed by atoms with Crippen LogP contribution >= 0.6 is 0 Å². The Morgan fingerprint density at radius 2 is 2.12 bits per heavy atom. The lowest BCUT2D eigenvalue weighted by atomic mass is 10.3. The van der Waals surface area contributed by atoms with Gasteiger partial charge in [-0.3, -0.25) is 10.2 Å². The Bertz CT molecular complexity index is 244. The minimum Gasteiger partial charge on any atom is -0.383 e. The van der Waals surface area contributed by atoms with Crippen molar-refractivity contribution in [2.75, 3.05) is 20.8 Å². The Morgan fingerprint density at radius 3 is 2.56 bits per heavy atom. The molecule has 2 atom stereocenters. The number of hydrogen-bond acceptors (Lipinski definition) is 4. The number of hydrazine groups is 1. The number of rotatable bonds is 5. The Morgan fingerprint density at radius 1 is 1.50 bits per heavy atom. The summed E-state index contributed by atoms with van der Waals surface area (Å²) in [7, 11) is 3.17. The predicted molar refractivity (Wildman–Crippen MR) is 62.8 cm³/mol. The van der Waals surface area contributed by atoms with Crippen molar-refractivity contribution in [2.45, 2.75) is 25.9 Å². The van der Waals surface area contributed by atoms with Gasteiger partial charge in [0.25, 0.3) is 0 Å². The van der Waals surface area contributed by atoms with E-state index in [1.54, 1.807) is 21.1 Å². The minimum atomic E-state index is -0.502. The second kappa shape index (κ2) is 7.89. The van der Waals surface area contributed by atoms with Crippen LogP contribution in [0.15, 0.2) is 4.99 Å². The number of nitrogens with zero attached hydrogens (tertiary/aromatic N) is 1. The maximum Gasteiger partial charge on any atom is 0.244 e. The molecule has 0 spiro atoms. The standard InChI is InChI=1S/C9H21N5O2/c1-6(5-16-4)12-9(14-10)13-7(2)8(15)11-3/h6-7H,5,10H2,1-4H3,(H,11,15)(H2,12,13,14). The topological polar surface area (TPSA) is 101 Å². The molecule has 0 aromatic heterocycles. The number of aliphatic imine (C=N–C) groups is 1. The highest BCUT2D eigenvalue weighted by Gasteiger charge is 2.11. The summed E-state index contributed by atoms with van der Waals surface area (Å²) in [5, 5.41) is 5.49. The van der Waals surface area contributed by atoms with E-state index in [1.165, 1.54) is 0 Å². The lowest BCUT2D eigenvalue weighted by molar-refractivity contribution is -0.121. The first-order chi connectivity index (χ1) is 7.54. The van der Waals surface area contributed by atoms with E-state index >= 15 is 0 Å². The highest BCUT2D eigenvalue weighted by molar-refractivity contribution is 5.86. The first-order valence-corrected chi connectivity index (χ1v) is 5.06. The number of carbonyl (C=O) groups excluding carboxylic acids is 1. The summed E-state index contributed by atoms with van der Waals surface area (Å²) in [5.74, 6) is 5.48. The molecule has 16 heavy (non-hydrogen) atoms. The fourth-order valence-corrected chi connectivity index (χ4v) is 1.10. The third-order valence-corrected chi connectivity index (χ3v) is 1.89. The van der Waals surface area contributed by atoms with Crippen LogP contribution in [-0.2, 0) is 9.53 Å². The van der Waals surface area contributed by atoms with Crippen LogP contribution < -0.4 is 21.9 Å². The Hall–Kier alpha value is -1.34. The molecule has 0 bridgehead atoms. The molecule has 7 heteroatoms. The molecule has 0 aromatic carbocycles. The maximum absolute atomic E-state index is 11.2. The molecule has 0 rings (SSSR count). The van der Waals surface area contributed by atoms with Crippen molar-refractivity contribution >= 4 is 11.9 Å². The molecule has 5 N–H and O–H groups in total. The van der Waals surface area contributed by atoms with Crippen LogP contribution in [0.3, 0.4) is 0 Å². The van der Waals surface area contributed by atoms with Gasteiger partial charge in [0.2, 0.25) is 11.9 Å². The summed E-state index contributed by atoms with van der Waals surface area (Å²) >= 11 is 0. The number of nitrogens with one attached hydrogen (secondary N) is 3. The summed E-state index contributed by atoms with van der Waals surface area (Å²) in [4.78, 5) is 15.3. The quantitative estimate of drug-likeness (QED) is 0.201. The van der Waals surface area contributed by atoms with E-state index in [1.807, 2.05) is 6.92 Å². The van der Waals surface area contributed by atoms with Crippen LogP contribution in [0.1, 0.15) is 13.8 Å². The normalized spacial score (nSPS) is 15.2. The van der Waals surface area contributed by atoms with Gasteiger partial charge in [0.15, 0.2) is 0 Å². The summed E-state index contributed by atoms with van der Waals surface area (Å²) in [6.45, 7) is 4.12. The number of guanidine groups is 1. The average molecular weight is 231 g/mol. The highest BCUT2D eigenvalue weighted by Crippen LogP contribution is 1.90. The molecule has 0 saturated carbocycles. The monoisotopic (exact) mass is 231 g/mol. The maximum atomic E-state index is 11.2. The lowest BCUT2D eigenvalue weighted by Crippen LogP contribution is -2.48. The van der Waals surface area contributed by atoms with Gasteiger partial charge in [-0.05, 0) is 13.8 Å². The van der Waals surface area contributed by atoms with Crippen LogP contribution in [0.4, 0.5) is 0 Å². The molecular weight excluding hydrogens is 210 g/mol. The van der Waals surface area contributed by atoms with Crippen molar-refractivity contribution in [2.24, 2.45) is 10.8 Å². The third kappa shape index (κ3) is 5.52. The van der Waals surface area contributed by atoms with Crippen molar-refractivity contribution < 1.29 is 9.53 Å². The predicted octanol–water partition coefficient (Wildman–Crippen LogP) is -1.44. The molecule has 94 valence electrons. The Balaban J connectivity index is 4.35. The number of amides is 1. The summed E-state index contributed by atoms with van der Waals surface area (Å²) in [5.41, 5.74) is 2.40. The Labute approximate surface area is 95.8 Å². The van der Waals surface area contributed by atoms with Gasteiger partial charge in [-0.2, -0.15) is 0 Å². The first kappa shape index (κ1) is 14.7. The number of carbonyl (C=O) groups is 1. The van der Waals surface area contributed by atoms with E-state index in [9.17, 15) is 4.79 Å². The molecule has 0 aliphatic heterocycles. The largest absolute Gasteiger partial charge is 0.383 e. The van der Waals surface area contributed by atoms with Crippen LogP contribution in [0.5, 0.6) is 0 Å². The van der Waals surface area contributed by atoms with Crippen molar-refractivity contribution in [3.63, 3.8) is 0 Å². The zero-order chi connectivity index (χ0) is 12.6. The second-order valence-electron chi connectivity index (χ2n) is 3.41. The smallest absolute Gasteiger partial charge is 0.244 e. The van der Waals surface area contributed by atoms with E-state index in [2.05, 4.69) is 21.1 Å². The number of ether oxygens (including phenoxy) is 1. The fourth-order valence-electron chi connectivity index (χ4n) is 1.10. The first-order valence-electron chi connectivity index (χ1n) is 5.06. The number of hydrogen-bond donors (Lipinski definition) is 4. The molecular formula is C9H21N5O2. The number of nitrogens with two attached hydrogens (primary N) is 1. The zero-order valence-corrected chi connectivity index (χ0v) is 10.2. The number of methoxy groups -OCH3 is 1. The Kier molecular flexibility index (Phi) is 7.23. The fraction of sp³-hybridized carbons (Fsp3) is 0.778. The molecule has 0 radical (unpaired) electrons. The second-order valence-corrected chi connectivity index (χ2v) is 3.41. The van der Waals surface area contributed by atoms with Crippen LogP contribution in [-0.4, -0.2) is 44.7 Å². The summed E-state index contributed by atoms with van der Waals surface area (Å²) in [6.07, 6.45) is 0. The van der Waals surface area contributed by atoms with Gasteiger partial charge in [0.1, 0.15) is 6.04 Å². The zero-order valence-electron chi connectivity index (χ0n) is 10.2. The van der Waals surface area contributed by atoms with Gasteiger partial charge in [-0.25, -0.2) is 10.8 Å². The van der Waals surface area contributed by atoms with E-state index in [4.69, 9.17) is 10.6 Å². The molecule has 0 heterocycles. The van der Waals surface area contributed by atoms with Crippen molar-refractivity contribution in [1.29, 1.82) is 0 Å². The van der Waals surface area contributed by atoms with Gasteiger partial charge < -0.3 is 15.4 Å². The van der Waals surface area contributed by atoms with Crippen molar-refractivity contribution in [1.82, 2.24) is 16.1 Å². The molecule has 0 aromatic rings. The molecule has 0 aliphatic carbocycles. The highest BCUT2D eigenvalue weighted by atomic mass is 16.5. The van der Waals surface area contributed by atoms with E-state index in [0.29, 0.717) is 12.6 Å². The van der Waals surface area contributed by atoms with Crippen LogP contribution in [0, 0.1) is 0 Å². The summed E-state index contributed by atoms with van der Waals surface area (Å²) < 4.78 is 4.96. The van der Waals surface area contributed by atoms with Crippen molar-refractivity contribution in [3.8, 4) is 0 Å². The molecule has 1 amide bonds. The lowest BCUT2D eigenvalue weighted by Gasteiger charge is -2.16. The van der Waals surface area contributed by atoms with E-state index < -0.39 is 6.04 Å². The van der Waals surface area contributed by atoms with E-state index in [0.717, 1.165) is 0 Å². The summed E-state index contributed by atoms with van der Waals surface area (Å²) in [6, 6.07) is -0.449. The molecule has 2 unspecified atom stereocenters. The molecule has 0 aliphatic rings.